The number of aryl methyl sites for hydroxylation is 4. The summed E-state index contributed by atoms with van der Waals surface area (Å²) in [5.74, 6) is 2.12. The SMILES string of the molecule is Cc1ccccc1-c1n(-c2c(C)cccc2C)nc(C)[n+]1C. The predicted molar refractivity (Wildman–Crippen MR) is 89.1 cm³/mol. The molecule has 0 unspecified atom stereocenters. The third kappa shape index (κ3) is 2.23. The molecule has 22 heavy (non-hydrogen) atoms. The van der Waals surface area contributed by atoms with Gasteiger partial charge in [-0.05, 0) is 43.5 Å². The highest BCUT2D eigenvalue weighted by atomic mass is 15.4. The summed E-state index contributed by atoms with van der Waals surface area (Å²) in [6, 6.07) is 14.8. The third-order valence-electron chi connectivity index (χ3n) is 4.29. The Morgan fingerprint density at radius 3 is 2.05 bits per heavy atom. The first-order valence-electron chi connectivity index (χ1n) is 7.59. The van der Waals surface area contributed by atoms with Crippen molar-refractivity contribution in [1.82, 2.24) is 9.78 Å². The minimum absolute atomic E-state index is 1.00. The number of aromatic nitrogens is 3. The lowest BCUT2D eigenvalue weighted by atomic mass is 10.1. The zero-order chi connectivity index (χ0) is 15.9. The predicted octanol–water partition coefficient (Wildman–Crippen LogP) is 3.60. The van der Waals surface area contributed by atoms with E-state index in [1.165, 1.54) is 27.9 Å². The molecule has 0 aliphatic carbocycles. The number of hydrogen-bond donors (Lipinski definition) is 0. The molecule has 3 aromatic rings. The van der Waals surface area contributed by atoms with Crippen LogP contribution >= 0.6 is 0 Å². The smallest absolute Gasteiger partial charge is 0.230 e. The highest BCUT2D eigenvalue weighted by Gasteiger charge is 2.26. The molecule has 0 amide bonds. The highest BCUT2D eigenvalue weighted by Crippen LogP contribution is 2.26. The standard InChI is InChI=1S/C19H22N3/c1-13-9-6-7-12-17(13)19-21(5)16(4)20-22(19)18-14(2)10-8-11-15(18)3/h6-12H,1-5H3/q+1. The van der Waals surface area contributed by atoms with Crippen molar-refractivity contribution in [3.05, 3.63) is 65.0 Å². The van der Waals surface area contributed by atoms with Gasteiger partial charge in [0.15, 0.2) is 0 Å². The maximum atomic E-state index is 4.80. The molecule has 3 rings (SSSR count). The molecule has 0 bridgehead atoms. The summed E-state index contributed by atoms with van der Waals surface area (Å²) in [5, 5.41) is 4.80. The van der Waals surface area contributed by atoms with E-state index in [1.807, 2.05) is 6.92 Å². The van der Waals surface area contributed by atoms with Crippen molar-refractivity contribution in [2.45, 2.75) is 27.7 Å². The maximum absolute atomic E-state index is 4.80. The molecule has 0 aliphatic heterocycles. The molecule has 3 heteroatoms. The van der Waals surface area contributed by atoms with E-state index in [9.17, 15) is 0 Å². The first-order valence-corrected chi connectivity index (χ1v) is 7.59. The lowest BCUT2D eigenvalue weighted by molar-refractivity contribution is -0.667. The molecular formula is C19H22N3+. The van der Waals surface area contributed by atoms with Crippen LogP contribution in [0.3, 0.4) is 0 Å². The Morgan fingerprint density at radius 2 is 1.41 bits per heavy atom. The molecule has 3 nitrogen and oxygen atoms in total. The van der Waals surface area contributed by atoms with Crippen LogP contribution in [0.1, 0.15) is 22.5 Å². The molecule has 2 aromatic carbocycles. The van der Waals surface area contributed by atoms with E-state index in [2.05, 4.69) is 79.5 Å². The first kappa shape index (κ1) is 14.5. The number of benzene rings is 2. The van der Waals surface area contributed by atoms with Crippen LogP contribution < -0.4 is 4.57 Å². The zero-order valence-corrected chi connectivity index (χ0v) is 13.9. The van der Waals surface area contributed by atoms with Gasteiger partial charge in [-0.1, -0.05) is 41.1 Å². The van der Waals surface area contributed by atoms with E-state index in [0.29, 0.717) is 0 Å². The Balaban J connectivity index is 2.36. The molecular weight excluding hydrogens is 270 g/mol. The summed E-state index contributed by atoms with van der Waals surface area (Å²) in [6.45, 7) is 8.47. The summed E-state index contributed by atoms with van der Waals surface area (Å²) in [6.07, 6.45) is 0. The second kappa shape index (κ2) is 5.41. The van der Waals surface area contributed by atoms with Crippen molar-refractivity contribution in [1.29, 1.82) is 0 Å². The van der Waals surface area contributed by atoms with Gasteiger partial charge in [-0.15, -0.1) is 0 Å². The average Bonchev–Trinajstić information content (AvgIpc) is 2.75. The first-order chi connectivity index (χ1) is 10.5. The van der Waals surface area contributed by atoms with Gasteiger partial charge in [0.05, 0.1) is 12.6 Å². The molecule has 0 spiro atoms. The van der Waals surface area contributed by atoms with E-state index >= 15 is 0 Å². The topological polar surface area (TPSA) is 21.7 Å². The number of nitrogens with zero attached hydrogens (tertiary/aromatic N) is 3. The van der Waals surface area contributed by atoms with Crippen LogP contribution in [0, 0.1) is 27.7 Å². The zero-order valence-electron chi connectivity index (χ0n) is 13.9. The Morgan fingerprint density at radius 1 is 0.818 bits per heavy atom. The monoisotopic (exact) mass is 292 g/mol. The van der Waals surface area contributed by atoms with Gasteiger partial charge in [0.2, 0.25) is 0 Å². The molecule has 0 saturated carbocycles. The van der Waals surface area contributed by atoms with Crippen LogP contribution in [-0.2, 0) is 7.05 Å². The molecule has 0 radical (unpaired) electrons. The van der Waals surface area contributed by atoms with Crippen LogP contribution in [0.5, 0.6) is 0 Å². The van der Waals surface area contributed by atoms with E-state index in [-0.39, 0.29) is 0 Å². The van der Waals surface area contributed by atoms with E-state index in [1.54, 1.807) is 0 Å². The molecule has 0 atom stereocenters. The lowest BCUT2D eigenvalue weighted by Crippen LogP contribution is -2.32. The van der Waals surface area contributed by atoms with Crippen molar-refractivity contribution in [2.24, 2.45) is 7.05 Å². The van der Waals surface area contributed by atoms with Gasteiger partial charge in [0.25, 0.3) is 11.6 Å². The van der Waals surface area contributed by atoms with Gasteiger partial charge >= 0.3 is 0 Å². The van der Waals surface area contributed by atoms with Crippen LogP contribution in [0.25, 0.3) is 17.1 Å². The number of para-hydroxylation sites is 1. The van der Waals surface area contributed by atoms with E-state index < -0.39 is 0 Å². The van der Waals surface area contributed by atoms with Crippen molar-refractivity contribution in [2.75, 3.05) is 0 Å². The second-order valence-electron chi connectivity index (χ2n) is 5.90. The van der Waals surface area contributed by atoms with E-state index in [4.69, 9.17) is 5.10 Å². The van der Waals surface area contributed by atoms with Crippen molar-refractivity contribution >= 4 is 0 Å². The van der Waals surface area contributed by atoms with Crippen LogP contribution in [0.15, 0.2) is 42.5 Å². The fraction of sp³-hybridized carbons (Fsp3) is 0.263. The molecule has 0 aliphatic rings. The fourth-order valence-corrected chi connectivity index (χ4v) is 2.97. The Hall–Kier alpha value is -2.42. The highest BCUT2D eigenvalue weighted by molar-refractivity contribution is 5.61. The second-order valence-corrected chi connectivity index (χ2v) is 5.90. The molecule has 0 saturated heterocycles. The quantitative estimate of drug-likeness (QED) is 0.661. The van der Waals surface area contributed by atoms with Gasteiger partial charge in [-0.3, -0.25) is 0 Å². The number of hydrogen-bond acceptors (Lipinski definition) is 1. The maximum Gasteiger partial charge on any atom is 0.275 e. The summed E-state index contributed by atoms with van der Waals surface area (Å²) in [5.41, 5.74) is 6.11. The van der Waals surface area contributed by atoms with Gasteiger partial charge in [-0.2, -0.15) is 0 Å². The lowest BCUT2D eigenvalue weighted by Gasteiger charge is -2.08. The van der Waals surface area contributed by atoms with Gasteiger partial charge in [0.1, 0.15) is 5.69 Å². The van der Waals surface area contributed by atoms with Crippen molar-refractivity contribution in [3.63, 3.8) is 0 Å². The summed E-state index contributed by atoms with van der Waals surface area (Å²) < 4.78 is 4.25. The molecule has 0 fully saturated rings. The molecule has 1 heterocycles. The van der Waals surface area contributed by atoms with Gasteiger partial charge in [-0.25, -0.2) is 4.57 Å². The third-order valence-corrected chi connectivity index (χ3v) is 4.29. The molecule has 0 N–H and O–H groups in total. The summed E-state index contributed by atoms with van der Waals surface area (Å²) in [7, 11) is 2.08. The van der Waals surface area contributed by atoms with Crippen LogP contribution in [0.2, 0.25) is 0 Å². The summed E-state index contributed by atoms with van der Waals surface area (Å²) >= 11 is 0. The van der Waals surface area contributed by atoms with Crippen molar-refractivity contribution in [3.8, 4) is 17.1 Å². The Kier molecular flexibility index (Phi) is 3.57. The minimum atomic E-state index is 1.00. The van der Waals surface area contributed by atoms with Crippen molar-refractivity contribution < 1.29 is 4.57 Å². The normalized spacial score (nSPS) is 11.0. The van der Waals surface area contributed by atoms with Gasteiger partial charge in [0, 0.05) is 12.0 Å². The average molecular weight is 292 g/mol. The largest absolute Gasteiger partial charge is 0.275 e. The van der Waals surface area contributed by atoms with Crippen LogP contribution in [-0.4, -0.2) is 9.78 Å². The number of rotatable bonds is 2. The molecule has 1 aromatic heterocycles. The Labute approximate surface area is 131 Å². The van der Waals surface area contributed by atoms with Gasteiger partial charge < -0.3 is 0 Å². The Bertz CT molecular complexity index is 824. The molecule has 112 valence electrons. The van der Waals surface area contributed by atoms with Crippen LogP contribution in [0.4, 0.5) is 0 Å². The fourth-order valence-electron chi connectivity index (χ4n) is 2.97. The minimum Gasteiger partial charge on any atom is -0.230 e. The summed E-state index contributed by atoms with van der Waals surface area (Å²) in [4.78, 5) is 0. The van der Waals surface area contributed by atoms with E-state index in [0.717, 1.165) is 11.6 Å².